The van der Waals surface area contributed by atoms with Gasteiger partial charge in [-0.2, -0.15) is 0 Å². The van der Waals surface area contributed by atoms with Crippen molar-refractivity contribution in [3.8, 4) is 11.5 Å². The van der Waals surface area contributed by atoms with Crippen LogP contribution in [0.5, 0.6) is 11.5 Å². The highest BCUT2D eigenvalue weighted by atomic mass is 16.5. The van der Waals surface area contributed by atoms with Crippen LogP contribution in [0.4, 0.5) is 5.69 Å². The molecule has 0 aliphatic carbocycles. The van der Waals surface area contributed by atoms with Crippen molar-refractivity contribution in [3.05, 3.63) is 62.8 Å². The normalized spacial score (nSPS) is 14.8. The largest absolute Gasteiger partial charge is 0.493 e. The Kier molecular flexibility index (Phi) is 9.03. The molecule has 2 heterocycles. The third-order valence-electron chi connectivity index (χ3n) is 6.70. The number of carbonyl (C=O) groups excluding carboxylic acids is 2. The molecule has 1 aliphatic rings. The molecule has 1 saturated heterocycles. The Morgan fingerprint density at radius 3 is 2.41 bits per heavy atom. The minimum atomic E-state index is -0.654. The van der Waals surface area contributed by atoms with Crippen LogP contribution < -0.4 is 31.4 Å². The molecule has 0 bridgehead atoms. The molecule has 4 rings (SSSR count). The van der Waals surface area contributed by atoms with Gasteiger partial charge in [0.15, 0.2) is 11.5 Å². The number of aryl methyl sites for hydroxylation is 1. The zero-order chi connectivity index (χ0) is 27.9. The fraction of sp³-hybridized carbons (Fsp3) is 0.429. The quantitative estimate of drug-likeness (QED) is 0.383. The Balaban J connectivity index is 1.60. The first-order valence-corrected chi connectivity index (χ1v) is 12.9. The molecule has 0 spiro atoms. The lowest BCUT2D eigenvalue weighted by Crippen LogP contribution is -2.42. The predicted octanol–water partition coefficient (Wildman–Crippen LogP) is 2.20. The summed E-state index contributed by atoms with van der Waals surface area (Å²) < 4.78 is 18.5. The second-order valence-electron chi connectivity index (χ2n) is 9.51. The van der Waals surface area contributed by atoms with Gasteiger partial charge < -0.3 is 24.8 Å². The Hall–Kier alpha value is -4.12. The van der Waals surface area contributed by atoms with Gasteiger partial charge in [0.1, 0.15) is 6.54 Å². The Bertz CT molecular complexity index is 1450. The first-order valence-electron chi connectivity index (χ1n) is 12.9. The number of nitrogens with one attached hydrogen (secondary N) is 2. The monoisotopic (exact) mass is 538 g/mol. The number of hydrogen-bond donors (Lipinski definition) is 2. The van der Waals surface area contributed by atoms with Gasteiger partial charge in [-0.25, -0.2) is 4.79 Å². The molecule has 2 amide bonds. The molecule has 1 aliphatic heterocycles. The fourth-order valence-corrected chi connectivity index (χ4v) is 4.59. The van der Waals surface area contributed by atoms with E-state index in [2.05, 4.69) is 10.6 Å². The zero-order valence-electron chi connectivity index (χ0n) is 22.5. The van der Waals surface area contributed by atoms with Gasteiger partial charge in [-0.1, -0.05) is 17.7 Å². The van der Waals surface area contributed by atoms with E-state index in [1.807, 2.05) is 19.1 Å². The van der Waals surface area contributed by atoms with E-state index < -0.39 is 17.2 Å². The highest BCUT2D eigenvalue weighted by Gasteiger charge is 2.20. The van der Waals surface area contributed by atoms with E-state index in [1.54, 1.807) is 12.1 Å². The van der Waals surface area contributed by atoms with Gasteiger partial charge in [-0.15, -0.1) is 0 Å². The van der Waals surface area contributed by atoms with Gasteiger partial charge in [0.2, 0.25) is 11.8 Å². The van der Waals surface area contributed by atoms with Crippen LogP contribution in [-0.4, -0.2) is 54.4 Å². The van der Waals surface area contributed by atoms with Crippen LogP contribution in [0.2, 0.25) is 0 Å². The summed E-state index contributed by atoms with van der Waals surface area (Å²) in [5, 5.41) is 5.82. The summed E-state index contributed by atoms with van der Waals surface area (Å²) in [6.45, 7) is 2.77. The molecular weight excluding hydrogens is 504 g/mol. The minimum absolute atomic E-state index is 0.00881. The highest BCUT2D eigenvalue weighted by molar-refractivity contribution is 5.92. The van der Waals surface area contributed by atoms with Crippen molar-refractivity contribution in [2.75, 3.05) is 32.7 Å². The summed E-state index contributed by atoms with van der Waals surface area (Å²) in [4.78, 5) is 52.2. The van der Waals surface area contributed by atoms with Crippen LogP contribution in [-0.2, 0) is 27.4 Å². The first kappa shape index (κ1) is 27.9. The molecule has 0 radical (unpaired) electrons. The fourth-order valence-electron chi connectivity index (χ4n) is 4.59. The van der Waals surface area contributed by atoms with E-state index in [9.17, 15) is 19.2 Å². The second kappa shape index (κ2) is 12.6. The van der Waals surface area contributed by atoms with E-state index in [-0.39, 0.29) is 48.8 Å². The lowest BCUT2D eigenvalue weighted by molar-refractivity contribution is -0.121. The van der Waals surface area contributed by atoms with Gasteiger partial charge in [0, 0.05) is 37.9 Å². The van der Waals surface area contributed by atoms with Gasteiger partial charge in [0.05, 0.1) is 31.2 Å². The number of benzene rings is 2. The van der Waals surface area contributed by atoms with Gasteiger partial charge in [-0.05, 0) is 44.4 Å². The van der Waals surface area contributed by atoms with Crippen LogP contribution in [0.25, 0.3) is 10.9 Å². The topological polar surface area (TPSA) is 130 Å². The average molecular weight is 539 g/mol. The summed E-state index contributed by atoms with van der Waals surface area (Å²) in [7, 11) is 2.89. The maximum Gasteiger partial charge on any atom is 0.331 e. The number of hydrogen-bond acceptors (Lipinski definition) is 7. The number of ether oxygens (including phenoxy) is 3. The SMILES string of the molecule is COc1cc2c(=O)n(CCCC(=O)NCC3CCCO3)c(=O)n(CC(=O)Nc3ccc(C)cc3)c2cc1OC. The van der Waals surface area contributed by atoms with E-state index in [4.69, 9.17) is 14.2 Å². The minimum Gasteiger partial charge on any atom is -0.493 e. The van der Waals surface area contributed by atoms with Gasteiger partial charge >= 0.3 is 5.69 Å². The molecule has 1 aromatic heterocycles. The number of nitrogens with zero attached hydrogens (tertiary/aromatic N) is 2. The highest BCUT2D eigenvalue weighted by Crippen LogP contribution is 2.30. The van der Waals surface area contributed by atoms with Gasteiger partial charge in [-0.3, -0.25) is 23.5 Å². The number of amides is 2. The summed E-state index contributed by atoms with van der Waals surface area (Å²) in [5.41, 5.74) is 0.685. The molecule has 39 heavy (non-hydrogen) atoms. The van der Waals surface area contributed by atoms with E-state index in [0.717, 1.165) is 23.0 Å². The molecule has 11 heteroatoms. The number of anilines is 1. The number of aromatic nitrogens is 2. The molecule has 1 fully saturated rings. The average Bonchev–Trinajstić information content (AvgIpc) is 3.46. The van der Waals surface area contributed by atoms with Crippen LogP contribution in [0, 0.1) is 6.92 Å². The third kappa shape index (κ3) is 6.66. The Labute approximate surface area is 225 Å². The van der Waals surface area contributed by atoms with E-state index in [0.29, 0.717) is 30.3 Å². The van der Waals surface area contributed by atoms with Crippen molar-refractivity contribution in [3.63, 3.8) is 0 Å². The van der Waals surface area contributed by atoms with Crippen molar-refractivity contribution < 1.29 is 23.8 Å². The van der Waals surface area contributed by atoms with Crippen molar-refractivity contribution in [1.29, 1.82) is 0 Å². The van der Waals surface area contributed by atoms with Crippen molar-refractivity contribution >= 4 is 28.4 Å². The smallest absolute Gasteiger partial charge is 0.331 e. The molecule has 11 nitrogen and oxygen atoms in total. The second-order valence-corrected chi connectivity index (χ2v) is 9.51. The Morgan fingerprint density at radius 1 is 1.03 bits per heavy atom. The number of rotatable bonds is 11. The van der Waals surface area contributed by atoms with Crippen molar-refractivity contribution in [2.45, 2.75) is 51.8 Å². The molecule has 3 aromatic rings. The van der Waals surface area contributed by atoms with Crippen LogP contribution in [0.15, 0.2) is 46.0 Å². The van der Waals surface area contributed by atoms with Gasteiger partial charge in [0.25, 0.3) is 5.56 Å². The summed E-state index contributed by atoms with van der Waals surface area (Å²) >= 11 is 0. The zero-order valence-corrected chi connectivity index (χ0v) is 22.5. The molecule has 1 atom stereocenters. The molecule has 208 valence electrons. The molecule has 0 saturated carbocycles. The lowest BCUT2D eigenvalue weighted by Gasteiger charge is -2.16. The molecular formula is C28H34N4O7. The van der Waals surface area contributed by atoms with Crippen molar-refractivity contribution in [2.24, 2.45) is 0 Å². The number of carbonyl (C=O) groups is 2. The van der Waals surface area contributed by atoms with Crippen LogP contribution in [0.3, 0.4) is 0 Å². The number of fused-ring (bicyclic) bond motifs is 1. The van der Waals surface area contributed by atoms with Crippen molar-refractivity contribution in [1.82, 2.24) is 14.5 Å². The predicted molar refractivity (Wildman–Crippen MR) is 147 cm³/mol. The third-order valence-corrected chi connectivity index (χ3v) is 6.70. The maximum atomic E-state index is 13.5. The molecule has 2 aromatic carbocycles. The number of methoxy groups -OCH3 is 2. The van der Waals surface area contributed by atoms with E-state index in [1.165, 1.54) is 30.9 Å². The lowest BCUT2D eigenvalue weighted by atomic mass is 10.2. The summed E-state index contributed by atoms with van der Waals surface area (Å²) in [5.74, 6) is 0.0212. The summed E-state index contributed by atoms with van der Waals surface area (Å²) in [6.07, 6.45) is 2.33. The standard InChI is InChI=1S/C28H34N4O7/c1-18-8-10-19(11-9-18)30-26(34)17-32-22-15-24(38-3)23(37-2)14-21(22)27(35)31(28(32)36)12-4-7-25(33)29-16-20-6-5-13-39-20/h8-11,14-15,20H,4-7,12-13,16-17H2,1-3H3,(H,29,33)(H,30,34). The summed E-state index contributed by atoms with van der Waals surface area (Å²) in [6, 6.07) is 10.3. The maximum absolute atomic E-state index is 13.5. The van der Waals surface area contributed by atoms with Crippen LogP contribution >= 0.6 is 0 Å². The molecule has 2 N–H and O–H groups in total. The molecule has 1 unspecified atom stereocenters. The van der Waals surface area contributed by atoms with E-state index >= 15 is 0 Å². The first-order chi connectivity index (χ1) is 18.8. The van der Waals surface area contributed by atoms with Crippen LogP contribution in [0.1, 0.15) is 31.2 Å². The Morgan fingerprint density at radius 2 is 1.74 bits per heavy atom.